The summed E-state index contributed by atoms with van der Waals surface area (Å²) < 4.78 is 40.3. The summed E-state index contributed by atoms with van der Waals surface area (Å²) in [7, 11) is 0. The summed E-state index contributed by atoms with van der Waals surface area (Å²) in [5.74, 6) is 2.11. The van der Waals surface area contributed by atoms with Gasteiger partial charge in [0.25, 0.3) is 0 Å². The molecule has 2 heterocycles. The molecule has 4 nitrogen and oxygen atoms in total. The van der Waals surface area contributed by atoms with E-state index in [2.05, 4.69) is 47.3 Å². The first-order valence-corrected chi connectivity index (χ1v) is 12.2. The molecule has 5 rings (SSSR count). The van der Waals surface area contributed by atoms with E-state index < -0.39 is 11.7 Å². The number of likely N-dealkylation sites (tertiary alicyclic amines) is 1. The summed E-state index contributed by atoms with van der Waals surface area (Å²) >= 11 is 0. The molecule has 34 heavy (non-hydrogen) atoms. The Labute approximate surface area is 198 Å². The van der Waals surface area contributed by atoms with E-state index in [0.29, 0.717) is 17.2 Å². The average molecular weight is 469 g/mol. The summed E-state index contributed by atoms with van der Waals surface area (Å²) in [5.41, 5.74) is 4.24. The maximum atomic E-state index is 12.9. The Hall–Kier alpha value is -2.67. The van der Waals surface area contributed by atoms with Crippen LogP contribution < -0.4 is 0 Å². The highest BCUT2D eigenvalue weighted by Crippen LogP contribution is 2.43. The van der Waals surface area contributed by atoms with Crippen LogP contribution >= 0.6 is 0 Å². The Kier molecular flexibility index (Phi) is 6.23. The first kappa shape index (κ1) is 23.1. The number of halogens is 3. The van der Waals surface area contributed by atoms with Crippen molar-refractivity contribution < 1.29 is 13.2 Å². The minimum atomic E-state index is -4.35. The van der Waals surface area contributed by atoms with E-state index in [1.807, 2.05) is 0 Å². The van der Waals surface area contributed by atoms with E-state index in [9.17, 15) is 13.2 Å². The molecule has 0 radical (unpaired) electrons. The lowest BCUT2D eigenvalue weighted by Gasteiger charge is -2.35. The molecule has 1 aliphatic carbocycles. The number of benzene rings is 2. The van der Waals surface area contributed by atoms with E-state index in [-0.39, 0.29) is 0 Å². The molecule has 1 atom stereocenters. The number of nitrogens with zero attached hydrogens (tertiary/aromatic N) is 4. The SMILES string of the molecule is CC(C)[C@@H]1CCCN(Cc2ccc(-n3cc(-c4ccc(C(F)(F)F)cc4)nn3)cc2C2CC2)C1. The fourth-order valence-electron chi connectivity index (χ4n) is 5.02. The Morgan fingerprint density at radius 2 is 1.79 bits per heavy atom. The van der Waals surface area contributed by atoms with E-state index in [4.69, 9.17) is 0 Å². The number of alkyl halides is 3. The first-order valence-electron chi connectivity index (χ1n) is 12.2. The van der Waals surface area contributed by atoms with Crippen LogP contribution in [0.1, 0.15) is 62.1 Å². The summed E-state index contributed by atoms with van der Waals surface area (Å²) in [6, 6.07) is 11.6. The second-order valence-corrected chi connectivity index (χ2v) is 10.2. The first-order chi connectivity index (χ1) is 16.3. The minimum Gasteiger partial charge on any atom is -0.299 e. The van der Waals surface area contributed by atoms with Crippen molar-refractivity contribution in [1.29, 1.82) is 0 Å². The Morgan fingerprint density at radius 1 is 1.03 bits per heavy atom. The van der Waals surface area contributed by atoms with Crippen molar-refractivity contribution in [1.82, 2.24) is 19.9 Å². The minimum absolute atomic E-state index is 0.554. The summed E-state index contributed by atoms with van der Waals surface area (Å²) in [6.45, 7) is 7.98. The quantitative estimate of drug-likeness (QED) is 0.404. The molecule has 0 amide bonds. The fourth-order valence-corrected chi connectivity index (χ4v) is 5.02. The van der Waals surface area contributed by atoms with Gasteiger partial charge in [0, 0.05) is 18.7 Å². The highest BCUT2D eigenvalue weighted by Gasteiger charge is 2.30. The van der Waals surface area contributed by atoms with Gasteiger partial charge < -0.3 is 0 Å². The largest absolute Gasteiger partial charge is 0.416 e. The number of hydrogen-bond donors (Lipinski definition) is 0. The topological polar surface area (TPSA) is 34.0 Å². The normalized spacial score (nSPS) is 19.6. The Balaban J connectivity index is 1.35. The smallest absolute Gasteiger partial charge is 0.299 e. The molecule has 2 aromatic carbocycles. The summed E-state index contributed by atoms with van der Waals surface area (Å²) in [6.07, 6.45) is 2.48. The third-order valence-electron chi connectivity index (χ3n) is 7.29. The van der Waals surface area contributed by atoms with Crippen LogP contribution in [0.3, 0.4) is 0 Å². The van der Waals surface area contributed by atoms with E-state index in [1.165, 1.54) is 55.5 Å². The molecule has 7 heteroatoms. The maximum Gasteiger partial charge on any atom is 0.416 e. The zero-order chi connectivity index (χ0) is 23.9. The highest BCUT2D eigenvalue weighted by atomic mass is 19.4. The zero-order valence-electron chi connectivity index (χ0n) is 19.7. The van der Waals surface area contributed by atoms with Crippen molar-refractivity contribution in [3.05, 3.63) is 65.4 Å². The van der Waals surface area contributed by atoms with Gasteiger partial charge in [-0.25, -0.2) is 4.68 Å². The molecule has 1 aromatic heterocycles. The summed E-state index contributed by atoms with van der Waals surface area (Å²) in [4.78, 5) is 2.60. The average Bonchev–Trinajstić information content (AvgIpc) is 3.55. The molecule has 1 saturated heterocycles. The van der Waals surface area contributed by atoms with Gasteiger partial charge in [0.15, 0.2) is 0 Å². The lowest BCUT2D eigenvalue weighted by atomic mass is 9.87. The predicted molar refractivity (Wildman–Crippen MR) is 127 cm³/mol. The van der Waals surface area contributed by atoms with Crippen molar-refractivity contribution >= 4 is 0 Å². The zero-order valence-corrected chi connectivity index (χ0v) is 19.7. The van der Waals surface area contributed by atoms with Crippen LogP contribution in [-0.4, -0.2) is 33.0 Å². The molecule has 0 bridgehead atoms. The third-order valence-corrected chi connectivity index (χ3v) is 7.29. The maximum absolute atomic E-state index is 12.9. The van der Waals surface area contributed by atoms with Crippen LogP contribution in [0.5, 0.6) is 0 Å². The van der Waals surface area contributed by atoms with Gasteiger partial charge >= 0.3 is 6.18 Å². The Bertz CT molecular complexity index is 1130. The Morgan fingerprint density at radius 3 is 2.47 bits per heavy atom. The van der Waals surface area contributed by atoms with Gasteiger partial charge in [-0.3, -0.25) is 4.90 Å². The third kappa shape index (κ3) is 5.04. The lowest BCUT2D eigenvalue weighted by Crippen LogP contribution is -2.37. The van der Waals surface area contributed by atoms with Crippen LogP contribution in [0.4, 0.5) is 13.2 Å². The van der Waals surface area contributed by atoms with Crippen LogP contribution in [0.25, 0.3) is 16.9 Å². The highest BCUT2D eigenvalue weighted by molar-refractivity contribution is 5.59. The molecule has 180 valence electrons. The molecule has 2 fully saturated rings. The van der Waals surface area contributed by atoms with E-state index >= 15 is 0 Å². The monoisotopic (exact) mass is 468 g/mol. The van der Waals surface area contributed by atoms with Crippen molar-refractivity contribution in [2.75, 3.05) is 13.1 Å². The molecule has 2 aliphatic rings. The lowest BCUT2D eigenvalue weighted by molar-refractivity contribution is -0.137. The van der Waals surface area contributed by atoms with Crippen LogP contribution in [-0.2, 0) is 12.7 Å². The second-order valence-electron chi connectivity index (χ2n) is 10.2. The van der Waals surface area contributed by atoms with Crippen LogP contribution in [0, 0.1) is 11.8 Å². The van der Waals surface area contributed by atoms with Gasteiger partial charge in [0.1, 0.15) is 5.69 Å². The van der Waals surface area contributed by atoms with Crippen molar-refractivity contribution in [2.45, 2.75) is 58.2 Å². The molecule has 1 aliphatic heterocycles. The van der Waals surface area contributed by atoms with Crippen molar-refractivity contribution in [2.24, 2.45) is 11.8 Å². The number of piperidine rings is 1. The predicted octanol–water partition coefficient (Wildman–Crippen LogP) is 6.70. The number of hydrogen-bond acceptors (Lipinski definition) is 3. The van der Waals surface area contributed by atoms with Gasteiger partial charge in [0.05, 0.1) is 17.4 Å². The molecular formula is C27H31F3N4. The molecule has 1 saturated carbocycles. The van der Waals surface area contributed by atoms with Crippen LogP contribution in [0.15, 0.2) is 48.7 Å². The van der Waals surface area contributed by atoms with E-state index in [0.717, 1.165) is 42.7 Å². The standard InChI is InChI=1S/C27H31F3N4/c1-18(2)21-4-3-13-33(15-21)16-22-9-12-24(14-25(22)19-5-6-19)34-17-26(31-32-34)20-7-10-23(11-8-20)27(28,29)30/h7-12,14,17-19,21H,3-6,13,15-16H2,1-2H3/t21-/m1/s1. The van der Waals surface area contributed by atoms with Gasteiger partial charge in [-0.15, -0.1) is 5.10 Å². The van der Waals surface area contributed by atoms with Gasteiger partial charge in [-0.2, -0.15) is 13.2 Å². The van der Waals surface area contributed by atoms with Crippen molar-refractivity contribution in [3.8, 4) is 16.9 Å². The second kappa shape index (κ2) is 9.17. The molecule has 0 spiro atoms. The van der Waals surface area contributed by atoms with Crippen LogP contribution in [0.2, 0.25) is 0 Å². The van der Waals surface area contributed by atoms with Gasteiger partial charge in [0.2, 0.25) is 0 Å². The van der Waals surface area contributed by atoms with Gasteiger partial charge in [-0.1, -0.05) is 37.3 Å². The van der Waals surface area contributed by atoms with Crippen molar-refractivity contribution in [3.63, 3.8) is 0 Å². The molecule has 0 unspecified atom stereocenters. The summed E-state index contributed by atoms with van der Waals surface area (Å²) in [5, 5.41) is 8.47. The number of aromatic nitrogens is 3. The molecular weight excluding hydrogens is 437 g/mol. The number of rotatable bonds is 6. The molecule has 0 N–H and O–H groups in total. The van der Waals surface area contributed by atoms with Gasteiger partial charge in [-0.05, 0) is 85.4 Å². The van der Waals surface area contributed by atoms with E-state index in [1.54, 1.807) is 10.9 Å². The fraction of sp³-hybridized carbons (Fsp3) is 0.481. The molecule has 3 aromatic rings.